The van der Waals surface area contributed by atoms with Gasteiger partial charge in [0.25, 0.3) is 0 Å². The number of halogens is 3. The normalized spacial score (nSPS) is 1.00. The molecule has 0 aliphatic heterocycles. The van der Waals surface area contributed by atoms with Crippen molar-refractivity contribution in [1.29, 1.82) is 0 Å². The SMILES string of the molecule is C[NH3+].[I-].[I-].[I-].[Sn+2]. The molecule has 0 spiro atoms. The van der Waals surface area contributed by atoms with Crippen LogP contribution < -0.4 is 77.7 Å². The topological polar surface area (TPSA) is 27.6 Å². The summed E-state index contributed by atoms with van der Waals surface area (Å²) >= 11 is 0. The van der Waals surface area contributed by atoms with Crippen molar-refractivity contribution in [2.45, 2.75) is 0 Å². The predicted octanol–water partition coefficient (Wildman–Crippen LogP) is -10.5. The van der Waals surface area contributed by atoms with Crippen LogP contribution in [0.25, 0.3) is 0 Å². The van der Waals surface area contributed by atoms with Crippen LogP contribution >= 0.6 is 0 Å². The minimum absolute atomic E-state index is 0. The van der Waals surface area contributed by atoms with Gasteiger partial charge in [-0.1, -0.05) is 0 Å². The summed E-state index contributed by atoms with van der Waals surface area (Å²) < 4.78 is 0. The van der Waals surface area contributed by atoms with Crippen molar-refractivity contribution in [3.63, 3.8) is 0 Å². The third-order valence-corrected chi connectivity index (χ3v) is 0. The molecule has 6 heavy (non-hydrogen) atoms. The Balaban J connectivity index is -0.000000000833. The van der Waals surface area contributed by atoms with Gasteiger partial charge in [0.05, 0.1) is 7.05 Å². The maximum Gasteiger partial charge on any atom is 2.00 e. The molecule has 0 aromatic rings. The molecule has 0 saturated carbocycles. The molecule has 3 N–H and O–H groups in total. The van der Waals surface area contributed by atoms with Crippen molar-refractivity contribution in [2.24, 2.45) is 0 Å². The molecule has 40 valence electrons. The van der Waals surface area contributed by atoms with Gasteiger partial charge < -0.3 is 77.7 Å². The smallest absolute Gasteiger partial charge is 1.00 e. The molecular formula is CH6I3NSn. The second-order valence-electron chi connectivity index (χ2n) is 0. The maximum absolute atomic E-state index is 3.25. The Hall–Kier alpha value is 2.95. The largest absolute Gasteiger partial charge is 2.00 e. The molecule has 0 rings (SSSR count). The van der Waals surface area contributed by atoms with Crippen LogP contribution in [0.5, 0.6) is 0 Å². The molecule has 0 aliphatic rings. The summed E-state index contributed by atoms with van der Waals surface area (Å²) in [6.07, 6.45) is 0. The first-order chi connectivity index (χ1) is 1.00. The van der Waals surface area contributed by atoms with Gasteiger partial charge in [-0.25, -0.2) is 0 Å². The fourth-order valence-corrected chi connectivity index (χ4v) is 0. The molecule has 0 aliphatic carbocycles. The summed E-state index contributed by atoms with van der Waals surface area (Å²) in [7, 11) is 1.75. The molecule has 5 heteroatoms. The number of hydrogen-bond donors (Lipinski definition) is 1. The molecule has 0 bridgehead atoms. The Labute approximate surface area is 107 Å². The Morgan fingerprint density at radius 2 is 0.833 bits per heavy atom. The number of rotatable bonds is 0. The molecule has 0 aromatic heterocycles. The average Bonchev–Trinajstić information content (AvgIpc) is 1.00. The molecule has 0 atom stereocenters. The third-order valence-electron chi connectivity index (χ3n) is 0. The second-order valence-corrected chi connectivity index (χ2v) is 0. The molecule has 2 radical (unpaired) electrons. The van der Waals surface area contributed by atoms with Gasteiger partial charge in [-0.05, 0) is 0 Å². The van der Waals surface area contributed by atoms with Gasteiger partial charge in [-0.2, -0.15) is 0 Å². The first kappa shape index (κ1) is 36.3. The fraction of sp³-hybridized carbons (Fsp3) is 1.00. The summed E-state index contributed by atoms with van der Waals surface area (Å²) in [6.45, 7) is 0. The zero-order valence-corrected chi connectivity index (χ0v) is 12.7. The van der Waals surface area contributed by atoms with E-state index in [4.69, 9.17) is 0 Å². The van der Waals surface area contributed by atoms with Gasteiger partial charge in [0.2, 0.25) is 0 Å². The van der Waals surface area contributed by atoms with Gasteiger partial charge in [0, 0.05) is 0 Å². The van der Waals surface area contributed by atoms with Gasteiger partial charge in [-0.3, -0.25) is 0 Å². The van der Waals surface area contributed by atoms with Crippen LogP contribution in [-0.4, -0.2) is 31.0 Å². The molecule has 0 aromatic carbocycles. The van der Waals surface area contributed by atoms with Crippen LogP contribution in [0.4, 0.5) is 0 Å². The van der Waals surface area contributed by atoms with Crippen LogP contribution in [0.2, 0.25) is 0 Å². The standard InChI is InChI=1S/CH5N.3HI.Sn/c1-2;;;;/h2H2,1H3;3*1H;/q;;;;+2/p-2. The van der Waals surface area contributed by atoms with Gasteiger partial charge >= 0.3 is 23.9 Å². The van der Waals surface area contributed by atoms with E-state index in [1.807, 2.05) is 0 Å². The molecule has 0 fully saturated rings. The van der Waals surface area contributed by atoms with E-state index in [9.17, 15) is 0 Å². The quantitative estimate of drug-likeness (QED) is 0.238. The summed E-state index contributed by atoms with van der Waals surface area (Å²) in [4.78, 5) is 0. The Bertz CT molecular complexity index is 10.8. The first-order valence-electron chi connectivity index (χ1n) is 0.707. The first-order valence-corrected chi connectivity index (χ1v) is 0.707. The van der Waals surface area contributed by atoms with E-state index in [2.05, 4.69) is 5.73 Å². The number of hydrogen-bond acceptors (Lipinski definition) is 0. The van der Waals surface area contributed by atoms with Gasteiger partial charge in [0.15, 0.2) is 0 Å². The van der Waals surface area contributed by atoms with Gasteiger partial charge in [0.1, 0.15) is 0 Å². The third kappa shape index (κ3) is 28.3. The van der Waals surface area contributed by atoms with Crippen molar-refractivity contribution in [3.8, 4) is 0 Å². The zero-order chi connectivity index (χ0) is 2.00. The Kier molecular flexibility index (Phi) is 267. The molecule has 0 heterocycles. The summed E-state index contributed by atoms with van der Waals surface area (Å²) in [5.74, 6) is 0. The minimum Gasteiger partial charge on any atom is -1.00 e. The van der Waals surface area contributed by atoms with Crippen LogP contribution in [0.3, 0.4) is 0 Å². The van der Waals surface area contributed by atoms with Gasteiger partial charge in [-0.15, -0.1) is 0 Å². The summed E-state index contributed by atoms with van der Waals surface area (Å²) in [5, 5.41) is 0. The van der Waals surface area contributed by atoms with E-state index in [-0.39, 0.29) is 95.8 Å². The maximum atomic E-state index is 3.25. The van der Waals surface area contributed by atoms with E-state index in [0.29, 0.717) is 0 Å². The van der Waals surface area contributed by atoms with Crippen molar-refractivity contribution < 1.29 is 77.7 Å². The van der Waals surface area contributed by atoms with E-state index in [1.165, 1.54) is 0 Å². The van der Waals surface area contributed by atoms with Crippen LogP contribution in [0, 0.1) is 0 Å². The van der Waals surface area contributed by atoms with E-state index in [1.54, 1.807) is 7.05 Å². The Morgan fingerprint density at radius 3 is 0.833 bits per heavy atom. The summed E-state index contributed by atoms with van der Waals surface area (Å²) in [5.41, 5.74) is 3.25. The fourth-order valence-electron chi connectivity index (χ4n) is 0. The zero-order valence-electron chi connectivity index (χ0n) is 3.34. The predicted molar refractivity (Wildman–Crippen MR) is 14.6 cm³/mol. The Morgan fingerprint density at radius 1 is 0.833 bits per heavy atom. The minimum atomic E-state index is 0. The second kappa shape index (κ2) is 44.1. The van der Waals surface area contributed by atoms with E-state index >= 15 is 0 Å². The molecule has 1 nitrogen and oxygen atoms in total. The van der Waals surface area contributed by atoms with Crippen LogP contribution in [-0.2, 0) is 0 Å². The van der Waals surface area contributed by atoms with Crippen molar-refractivity contribution in [2.75, 3.05) is 7.05 Å². The monoisotopic (exact) mass is 533 g/mol. The van der Waals surface area contributed by atoms with E-state index < -0.39 is 0 Å². The van der Waals surface area contributed by atoms with E-state index in [0.717, 1.165) is 0 Å². The molecule has 0 amide bonds. The molecular weight excluding hydrogens is 525 g/mol. The van der Waals surface area contributed by atoms with Crippen LogP contribution in [0.15, 0.2) is 0 Å². The number of quaternary nitrogens is 1. The molecule has 0 saturated heterocycles. The van der Waals surface area contributed by atoms with Crippen molar-refractivity contribution in [3.05, 3.63) is 0 Å². The molecule has 0 unspecified atom stereocenters. The summed E-state index contributed by atoms with van der Waals surface area (Å²) in [6, 6.07) is 0. The van der Waals surface area contributed by atoms with Crippen LogP contribution in [0.1, 0.15) is 0 Å². The van der Waals surface area contributed by atoms with Crippen molar-refractivity contribution >= 4 is 23.9 Å². The average molecular weight is 531 g/mol. The van der Waals surface area contributed by atoms with Crippen molar-refractivity contribution in [1.82, 2.24) is 0 Å².